The fourth-order valence-electron chi connectivity index (χ4n) is 3.57. The highest BCUT2D eigenvalue weighted by Crippen LogP contribution is 2.26. The minimum atomic E-state index is -0.737. The molecule has 0 aliphatic heterocycles. The van der Waals surface area contributed by atoms with Crippen molar-refractivity contribution in [3.05, 3.63) is 107 Å². The second-order valence-electron chi connectivity index (χ2n) is 7.43. The van der Waals surface area contributed by atoms with E-state index in [0.717, 1.165) is 11.1 Å². The lowest BCUT2D eigenvalue weighted by Gasteiger charge is -2.08. The Labute approximate surface area is 164 Å². The van der Waals surface area contributed by atoms with Gasteiger partial charge in [-0.15, -0.1) is 0 Å². The average molecular weight is 372 g/mol. The lowest BCUT2D eigenvalue weighted by Crippen LogP contribution is -1.99. The molecule has 140 valence electrons. The van der Waals surface area contributed by atoms with E-state index in [1.54, 1.807) is 19.1 Å². The Morgan fingerprint density at radius 1 is 0.607 bits per heavy atom. The summed E-state index contributed by atoms with van der Waals surface area (Å²) in [4.78, 5) is 0. The Hall–Kier alpha value is -3.00. The molecule has 0 bridgehead atoms. The summed E-state index contributed by atoms with van der Waals surface area (Å²) in [5.41, 5.74) is 5.47. The SMILES string of the molecule is Cc1ccc2cc(-c3ccc(CCc4ccc(C)c(F)c4F)cc3)ccc2c1. The van der Waals surface area contributed by atoms with Crippen molar-refractivity contribution in [3.63, 3.8) is 0 Å². The quantitative estimate of drug-likeness (QED) is 0.356. The predicted octanol–water partition coefficient (Wildman–Crippen LogP) is 7.19. The molecular weight excluding hydrogens is 350 g/mol. The summed E-state index contributed by atoms with van der Waals surface area (Å²) in [7, 11) is 0. The molecule has 0 aromatic heterocycles. The highest BCUT2D eigenvalue weighted by atomic mass is 19.2. The van der Waals surface area contributed by atoms with Crippen LogP contribution in [-0.2, 0) is 12.8 Å². The summed E-state index contributed by atoms with van der Waals surface area (Å²) in [6.07, 6.45) is 1.16. The van der Waals surface area contributed by atoms with Gasteiger partial charge in [-0.1, -0.05) is 72.3 Å². The fourth-order valence-corrected chi connectivity index (χ4v) is 3.57. The molecule has 0 heterocycles. The minimum absolute atomic E-state index is 0.344. The molecule has 4 aromatic carbocycles. The van der Waals surface area contributed by atoms with Crippen LogP contribution < -0.4 is 0 Å². The van der Waals surface area contributed by atoms with Gasteiger partial charge in [0.05, 0.1) is 0 Å². The van der Waals surface area contributed by atoms with Crippen molar-refractivity contribution in [2.24, 2.45) is 0 Å². The number of rotatable bonds is 4. The second-order valence-corrected chi connectivity index (χ2v) is 7.43. The maximum Gasteiger partial charge on any atom is 0.162 e. The summed E-state index contributed by atoms with van der Waals surface area (Å²) < 4.78 is 27.7. The molecule has 2 heteroatoms. The van der Waals surface area contributed by atoms with Gasteiger partial charge in [-0.05, 0) is 71.3 Å². The van der Waals surface area contributed by atoms with E-state index >= 15 is 0 Å². The molecular formula is C26H22F2. The molecule has 0 radical (unpaired) electrons. The van der Waals surface area contributed by atoms with Gasteiger partial charge in [-0.25, -0.2) is 8.78 Å². The van der Waals surface area contributed by atoms with Gasteiger partial charge in [0.1, 0.15) is 0 Å². The van der Waals surface area contributed by atoms with Crippen LogP contribution in [0.15, 0.2) is 72.8 Å². The standard InChI is InChI=1S/C26H22F2/c1-17-3-8-24-16-23(14-13-22(24)15-17)20-10-5-19(6-11-20)7-12-21-9-4-18(2)25(27)26(21)28/h3-6,8-11,13-16H,7,12H2,1-2H3. The number of benzene rings is 4. The molecule has 0 nitrogen and oxygen atoms in total. The first-order valence-corrected chi connectivity index (χ1v) is 9.54. The van der Waals surface area contributed by atoms with E-state index in [9.17, 15) is 8.78 Å². The zero-order valence-corrected chi connectivity index (χ0v) is 16.1. The van der Waals surface area contributed by atoms with Crippen LogP contribution in [0.5, 0.6) is 0 Å². The van der Waals surface area contributed by atoms with Crippen molar-refractivity contribution >= 4 is 10.8 Å². The normalized spacial score (nSPS) is 11.1. The Morgan fingerprint density at radius 3 is 2.07 bits per heavy atom. The molecule has 0 amide bonds. The predicted molar refractivity (Wildman–Crippen MR) is 113 cm³/mol. The maximum atomic E-state index is 14.0. The molecule has 0 unspecified atom stereocenters. The van der Waals surface area contributed by atoms with E-state index in [1.165, 1.54) is 21.9 Å². The summed E-state index contributed by atoms with van der Waals surface area (Å²) in [5.74, 6) is -1.46. The van der Waals surface area contributed by atoms with Crippen molar-refractivity contribution in [1.29, 1.82) is 0 Å². The third kappa shape index (κ3) is 3.68. The smallest absolute Gasteiger partial charge is 0.162 e. The van der Waals surface area contributed by atoms with Gasteiger partial charge >= 0.3 is 0 Å². The zero-order valence-electron chi connectivity index (χ0n) is 16.1. The molecule has 0 fully saturated rings. The lowest BCUT2D eigenvalue weighted by atomic mass is 9.97. The van der Waals surface area contributed by atoms with Gasteiger partial charge < -0.3 is 0 Å². The first-order chi connectivity index (χ1) is 13.5. The van der Waals surface area contributed by atoms with Gasteiger partial charge in [-0.2, -0.15) is 0 Å². The van der Waals surface area contributed by atoms with Crippen LogP contribution in [0.2, 0.25) is 0 Å². The minimum Gasteiger partial charge on any atom is -0.203 e. The Bertz CT molecular complexity index is 1140. The molecule has 0 N–H and O–H groups in total. The van der Waals surface area contributed by atoms with Crippen LogP contribution >= 0.6 is 0 Å². The first kappa shape index (κ1) is 18.4. The van der Waals surface area contributed by atoms with Crippen molar-refractivity contribution in [2.75, 3.05) is 0 Å². The third-order valence-electron chi connectivity index (χ3n) is 5.32. The van der Waals surface area contributed by atoms with Crippen LogP contribution in [0.1, 0.15) is 22.3 Å². The van der Waals surface area contributed by atoms with Crippen molar-refractivity contribution < 1.29 is 8.78 Å². The van der Waals surface area contributed by atoms with Crippen LogP contribution in [0.25, 0.3) is 21.9 Å². The van der Waals surface area contributed by atoms with E-state index in [2.05, 4.69) is 67.6 Å². The second kappa shape index (κ2) is 7.55. The summed E-state index contributed by atoms with van der Waals surface area (Å²) in [6, 6.07) is 24.6. The van der Waals surface area contributed by atoms with E-state index in [-0.39, 0.29) is 0 Å². The molecule has 0 saturated heterocycles. The van der Waals surface area contributed by atoms with Crippen LogP contribution in [-0.4, -0.2) is 0 Å². The highest BCUT2D eigenvalue weighted by Gasteiger charge is 2.10. The molecule has 0 aliphatic carbocycles. The number of halogens is 2. The number of hydrogen-bond acceptors (Lipinski definition) is 0. The van der Waals surface area contributed by atoms with Crippen LogP contribution in [0.3, 0.4) is 0 Å². The Balaban J connectivity index is 1.51. The van der Waals surface area contributed by atoms with Crippen molar-refractivity contribution in [1.82, 2.24) is 0 Å². The van der Waals surface area contributed by atoms with Crippen molar-refractivity contribution in [3.8, 4) is 11.1 Å². The fraction of sp³-hybridized carbons (Fsp3) is 0.154. The molecule has 0 spiro atoms. The molecule has 28 heavy (non-hydrogen) atoms. The molecule has 0 aliphatic rings. The van der Waals surface area contributed by atoms with E-state index in [0.29, 0.717) is 24.0 Å². The summed E-state index contributed by atoms with van der Waals surface area (Å²) in [6.45, 7) is 3.68. The van der Waals surface area contributed by atoms with Gasteiger partial charge in [-0.3, -0.25) is 0 Å². The Kier molecular flexibility index (Phi) is 4.95. The molecule has 4 aromatic rings. The van der Waals surface area contributed by atoms with Gasteiger partial charge in [0.25, 0.3) is 0 Å². The molecule has 0 atom stereocenters. The summed E-state index contributed by atoms with van der Waals surface area (Å²) in [5, 5.41) is 2.47. The number of fused-ring (bicyclic) bond motifs is 1. The molecule has 4 rings (SSSR count). The highest BCUT2D eigenvalue weighted by molar-refractivity contribution is 5.87. The van der Waals surface area contributed by atoms with E-state index < -0.39 is 11.6 Å². The monoisotopic (exact) mass is 372 g/mol. The number of hydrogen-bond donors (Lipinski definition) is 0. The largest absolute Gasteiger partial charge is 0.203 e. The van der Waals surface area contributed by atoms with Gasteiger partial charge in [0, 0.05) is 0 Å². The first-order valence-electron chi connectivity index (χ1n) is 9.54. The summed E-state index contributed by atoms with van der Waals surface area (Å²) >= 11 is 0. The lowest BCUT2D eigenvalue weighted by molar-refractivity contribution is 0.493. The van der Waals surface area contributed by atoms with Crippen LogP contribution in [0, 0.1) is 25.5 Å². The molecule has 0 saturated carbocycles. The zero-order chi connectivity index (χ0) is 19.7. The van der Waals surface area contributed by atoms with Gasteiger partial charge in [0.15, 0.2) is 11.6 Å². The number of aryl methyl sites for hydroxylation is 4. The third-order valence-corrected chi connectivity index (χ3v) is 5.32. The van der Waals surface area contributed by atoms with Crippen molar-refractivity contribution in [2.45, 2.75) is 26.7 Å². The maximum absolute atomic E-state index is 14.0. The van der Waals surface area contributed by atoms with Gasteiger partial charge in [0.2, 0.25) is 0 Å². The Morgan fingerprint density at radius 2 is 1.29 bits per heavy atom. The van der Waals surface area contributed by atoms with E-state index in [4.69, 9.17) is 0 Å². The topological polar surface area (TPSA) is 0 Å². The van der Waals surface area contributed by atoms with Crippen LogP contribution in [0.4, 0.5) is 8.78 Å². The van der Waals surface area contributed by atoms with E-state index in [1.807, 2.05) is 0 Å². The average Bonchev–Trinajstić information content (AvgIpc) is 2.71.